The highest BCUT2D eigenvalue weighted by Crippen LogP contribution is 2.32. The van der Waals surface area contributed by atoms with Crippen LogP contribution >= 0.6 is 0 Å². The normalized spacial score (nSPS) is 20.5. The Bertz CT molecular complexity index is 1230. The standard InChI is InChI=1S/C32H34O7/c1-37-32(36)25-18-26(29(35)27(33)19-25)30(38-20-23-13-7-3-8-14-23)31(39-21-24-15-9-4-10-16-24)28(34)17-22-11-5-2-6-12-22/h2-16,18,26-27,29-31,33,35H,17,19-21H2,1H3. The van der Waals surface area contributed by atoms with Gasteiger partial charge in [0, 0.05) is 24.3 Å². The van der Waals surface area contributed by atoms with E-state index in [-0.39, 0.29) is 37.4 Å². The molecule has 5 atom stereocenters. The van der Waals surface area contributed by atoms with Crippen molar-refractivity contribution in [1.29, 1.82) is 0 Å². The third kappa shape index (κ3) is 7.71. The van der Waals surface area contributed by atoms with Crippen molar-refractivity contribution in [3.63, 3.8) is 0 Å². The van der Waals surface area contributed by atoms with Crippen LogP contribution in [0.1, 0.15) is 23.1 Å². The van der Waals surface area contributed by atoms with Crippen molar-refractivity contribution in [2.75, 3.05) is 7.11 Å². The fourth-order valence-corrected chi connectivity index (χ4v) is 4.77. The van der Waals surface area contributed by atoms with Gasteiger partial charge in [-0.2, -0.15) is 0 Å². The fourth-order valence-electron chi connectivity index (χ4n) is 4.77. The lowest BCUT2D eigenvalue weighted by atomic mass is 9.79. The van der Waals surface area contributed by atoms with E-state index in [2.05, 4.69) is 0 Å². The number of aliphatic hydroxyl groups excluding tert-OH is 2. The summed E-state index contributed by atoms with van der Waals surface area (Å²) in [6.45, 7) is 0.270. The van der Waals surface area contributed by atoms with Crippen molar-refractivity contribution in [3.05, 3.63) is 119 Å². The first-order valence-electron chi connectivity index (χ1n) is 13.0. The Kier molecular flexibility index (Phi) is 10.2. The van der Waals surface area contributed by atoms with Crippen LogP contribution in [-0.2, 0) is 43.4 Å². The van der Waals surface area contributed by atoms with Gasteiger partial charge in [-0.1, -0.05) is 97.1 Å². The summed E-state index contributed by atoms with van der Waals surface area (Å²) in [6, 6.07) is 28.2. The molecular weight excluding hydrogens is 496 g/mol. The largest absolute Gasteiger partial charge is 0.466 e. The van der Waals surface area contributed by atoms with Crippen LogP contribution < -0.4 is 0 Å². The Morgan fingerprint density at radius 1 is 0.795 bits per heavy atom. The number of benzene rings is 3. The van der Waals surface area contributed by atoms with E-state index in [1.54, 1.807) is 6.08 Å². The molecule has 0 radical (unpaired) electrons. The third-order valence-electron chi connectivity index (χ3n) is 6.83. The maximum absolute atomic E-state index is 13.8. The summed E-state index contributed by atoms with van der Waals surface area (Å²) < 4.78 is 17.5. The van der Waals surface area contributed by atoms with E-state index in [9.17, 15) is 19.8 Å². The number of hydrogen-bond acceptors (Lipinski definition) is 7. The highest BCUT2D eigenvalue weighted by atomic mass is 16.5. The Hall–Kier alpha value is -3.62. The van der Waals surface area contributed by atoms with Crippen LogP contribution in [0.3, 0.4) is 0 Å². The van der Waals surface area contributed by atoms with Gasteiger partial charge in [0.2, 0.25) is 0 Å². The molecule has 0 spiro atoms. The topological polar surface area (TPSA) is 102 Å². The molecule has 0 saturated carbocycles. The van der Waals surface area contributed by atoms with Crippen LogP contribution in [0.25, 0.3) is 0 Å². The molecule has 4 rings (SSSR count). The molecule has 204 valence electrons. The molecule has 3 aromatic carbocycles. The van der Waals surface area contributed by atoms with Gasteiger partial charge in [0.05, 0.1) is 32.5 Å². The molecule has 1 aliphatic carbocycles. The van der Waals surface area contributed by atoms with Crippen molar-refractivity contribution >= 4 is 11.8 Å². The first-order valence-corrected chi connectivity index (χ1v) is 13.0. The summed E-state index contributed by atoms with van der Waals surface area (Å²) in [6.07, 6.45) is -3.06. The van der Waals surface area contributed by atoms with Gasteiger partial charge in [-0.15, -0.1) is 0 Å². The van der Waals surface area contributed by atoms with E-state index < -0.39 is 36.3 Å². The Morgan fingerprint density at radius 2 is 1.31 bits per heavy atom. The average molecular weight is 531 g/mol. The maximum atomic E-state index is 13.8. The monoisotopic (exact) mass is 530 g/mol. The van der Waals surface area contributed by atoms with Crippen molar-refractivity contribution in [3.8, 4) is 0 Å². The molecule has 0 saturated heterocycles. The third-order valence-corrected chi connectivity index (χ3v) is 6.83. The van der Waals surface area contributed by atoms with Gasteiger partial charge in [-0.25, -0.2) is 4.79 Å². The van der Waals surface area contributed by atoms with Crippen LogP contribution in [-0.4, -0.2) is 53.5 Å². The fraction of sp³-hybridized carbons (Fsp3) is 0.312. The van der Waals surface area contributed by atoms with E-state index >= 15 is 0 Å². The number of aliphatic hydroxyl groups is 2. The molecule has 5 unspecified atom stereocenters. The van der Waals surface area contributed by atoms with Gasteiger partial charge in [0.1, 0.15) is 12.2 Å². The number of ether oxygens (including phenoxy) is 3. The molecule has 7 heteroatoms. The van der Waals surface area contributed by atoms with Crippen molar-refractivity contribution < 1.29 is 34.0 Å². The zero-order valence-electron chi connectivity index (χ0n) is 21.9. The smallest absolute Gasteiger partial charge is 0.333 e. The summed E-state index contributed by atoms with van der Waals surface area (Å²) in [4.78, 5) is 26.2. The molecule has 7 nitrogen and oxygen atoms in total. The number of rotatable bonds is 12. The van der Waals surface area contributed by atoms with Gasteiger partial charge >= 0.3 is 5.97 Å². The van der Waals surface area contributed by atoms with Crippen LogP contribution in [0.2, 0.25) is 0 Å². The zero-order chi connectivity index (χ0) is 27.6. The van der Waals surface area contributed by atoms with E-state index in [1.807, 2.05) is 91.0 Å². The Morgan fingerprint density at radius 3 is 1.85 bits per heavy atom. The van der Waals surface area contributed by atoms with E-state index in [0.717, 1.165) is 16.7 Å². The molecular formula is C32H34O7. The summed E-state index contributed by atoms with van der Waals surface area (Å²) in [5.41, 5.74) is 2.76. The molecule has 0 amide bonds. The van der Waals surface area contributed by atoms with Gasteiger partial charge in [-0.05, 0) is 16.7 Å². The van der Waals surface area contributed by atoms with Crippen LogP contribution in [0, 0.1) is 5.92 Å². The number of esters is 1. The first kappa shape index (κ1) is 28.4. The molecule has 0 fully saturated rings. The number of ketones is 1. The first-order chi connectivity index (χ1) is 19.0. The quantitative estimate of drug-likeness (QED) is 0.343. The van der Waals surface area contributed by atoms with E-state index in [0.29, 0.717) is 0 Å². The highest BCUT2D eigenvalue weighted by molar-refractivity contribution is 5.89. The summed E-state index contributed by atoms with van der Waals surface area (Å²) in [7, 11) is 1.26. The van der Waals surface area contributed by atoms with Gasteiger partial charge < -0.3 is 24.4 Å². The SMILES string of the molecule is COC(=O)C1=CC(C(OCc2ccccc2)C(OCc2ccccc2)C(=O)Cc2ccccc2)C(O)C(O)C1. The number of methoxy groups -OCH3 is 1. The average Bonchev–Trinajstić information content (AvgIpc) is 2.97. The molecule has 0 aliphatic heterocycles. The molecule has 0 heterocycles. The van der Waals surface area contributed by atoms with Crippen molar-refractivity contribution in [1.82, 2.24) is 0 Å². The lowest BCUT2D eigenvalue weighted by Gasteiger charge is -2.38. The van der Waals surface area contributed by atoms with E-state index in [4.69, 9.17) is 14.2 Å². The molecule has 2 N–H and O–H groups in total. The summed E-state index contributed by atoms with van der Waals surface area (Å²) >= 11 is 0. The van der Waals surface area contributed by atoms with Gasteiger partial charge in [0.25, 0.3) is 0 Å². The molecule has 0 bridgehead atoms. The molecule has 39 heavy (non-hydrogen) atoms. The summed E-state index contributed by atoms with van der Waals surface area (Å²) in [5, 5.41) is 21.8. The van der Waals surface area contributed by atoms with Gasteiger partial charge in [-0.3, -0.25) is 4.79 Å². The Balaban J connectivity index is 1.71. The Labute approximate surface area is 228 Å². The van der Waals surface area contributed by atoms with Crippen molar-refractivity contribution in [2.45, 2.75) is 50.5 Å². The van der Waals surface area contributed by atoms with Crippen LogP contribution in [0.4, 0.5) is 0 Å². The number of hydrogen-bond donors (Lipinski definition) is 2. The minimum Gasteiger partial charge on any atom is -0.466 e. The van der Waals surface area contributed by atoms with Crippen molar-refractivity contribution in [2.24, 2.45) is 5.92 Å². The van der Waals surface area contributed by atoms with Gasteiger partial charge in [0.15, 0.2) is 5.78 Å². The molecule has 0 aromatic heterocycles. The number of carbonyl (C=O) groups excluding carboxylic acids is 2. The second-order valence-electron chi connectivity index (χ2n) is 9.63. The second kappa shape index (κ2) is 14.0. The molecule has 3 aromatic rings. The minimum atomic E-state index is -1.29. The highest BCUT2D eigenvalue weighted by Gasteiger charge is 2.43. The molecule has 1 aliphatic rings. The predicted molar refractivity (Wildman–Crippen MR) is 145 cm³/mol. The zero-order valence-corrected chi connectivity index (χ0v) is 21.9. The minimum absolute atomic E-state index is 0.0662. The summed E-state index contributed by atoms with van der Waals surface area (Å²) in [5.74, 6) is -1.76. The lowest BCUT2D eigenvalue weighted by molar-refractivity contribution is -0.159. The number of carbonyl (C=O) groups is 2. The van der Waals surface area contributed by atoms with Crippen LogP contribution in [0.15, 0.2) is 103 Å². The maximum Gasteiger partial charge on any atom is 0.333 e. The second-order valence-corrected chi connectivity index (χ2v) is 9.63. The number of Topliss-reactive ketones (excluding diaryl/α,β-unsaturated/α-hetero) is 1. The van der Waals surface area contributed by atoms with Crippen LogP contribution in [0.5, 0.6) is 0 Å². The van der Waals surface area contributed by atoms with E-state index in [1.165, 1.54) is 7.11 Å². The predicted octanol–water partition coefficient (Wildman–Crippen LogP) is 3.81. The lowest BCUT2D eigenvalue weighted by Crippen LogP contribution is -2.51.